The second-order valence-electron chi connectivity index (χ2n) is 6.64. The normalized spacial score (nSPS) is 10.9. The highest BCUT2D eigenvalue weighted by Gasteiger charge is 2.14. The molecule has 0 aliphatic rings. The van der Waals surface area contributed by atoms with Crippen molar-refractivity contribution in [2.75, 3.05) is 4.90 Å². The van der Waals surface area contributed by atoms with Crippen molar-refractivity contribution in [3.05, 3.63) is 115 Å². The number of hydrogen-bond donors (Lipinski definition) is 0. The third kappa shape index (κ3) is 2.93. The smallest absolute Gasteiger partial charge is 0.0761 e. The molecule has 1 heterocycles. The maximum Gasteiger partial charge on any atom is 0.0761 e. The van der Waals surface area contributed by atoms with Gasteiger partial charge in [0, 0.05) is 22.4 Å². The quantitative estimate of drug-likeness (QED) is 0.364. The van der Waals surface area contributed by atoms with Crippen molar-refractivity contribution in [1.82, 2.24) is 9.78 Å². The van der Waals surface area contributed by atoms with Crippen LogP contribution in [0.4, 0.5) is 17.1 Å². The lowest BCUT2D eigenvalue weighted by atomic mass is 10.1. The van der Waals surface area contributed by atoms with Gasteiger partial charge >= 0.3 is 0 Å². The van der Waals surface area contributed by atoms with Gasteiger partial charge in [0.2, 0.25) is 0 Å². The third-order valence-electron chi connectivity index (χ3n) is 4.84. The summed E-state index contributed by atoms with van der Waals surface area (Å²) in [6, 6.07) is 37.6. The molecule has 4 aromatic carbocycles. The molecule has 0 unspecified atom stereocenters. The van der Waals surface area contributed by atoms with E-state index in [0.29, 0.717) is 0 Å². The Bertz CT molecular complexity index is 1160. The third-order valence-corrected chi connectivity index (χ3v) is 4.84. The first-order valence-electron chi connectivity index (χ1n) is 9.33. The van der Waals surface area contributed by atoms with Crippen LogP contribution in [0.1, 0.15) is 0 Å². The highest BCUT2D eigenvalue weighted by atomic mass is 15.3. The summed E-state index contributed by atoms with van der Waals surface area (Å²) in [7, 11) is 0. The predicted octanol–water partition coefficient (Wildman–Crippen LogP) is 6.50. The SMILES string of the molecule is c1ccc(N(c2ccccc2)c2ccc3cnn(-c4ccccc4)c3c2)cc1. The summed E-state index contributed by atoms with van der Waals surface area (Å²) in [5, 5.41) is 5.73. The Labute approximate surface area is 164 Å². The van der Waals surface area contributed by atoms with E-state index < -0.39 is 0 Å². The molecule has 0 radical (unpaired) electrons. The molecule has 3 nitrogen and oxygen atoms in total. The van der Waals surface area contributed by atoms with E-state index in [4.69, 9.17) is 0 Å². The lowest BCUT2D eigenvalue weighted by Crippen LogP contribution is -2.09. The first-order valence-corrected chi connectivity index (χ1v) is 9.33. The molecule has 0 amide bonds. The summed E-state index contributed by atoms with van der Waals surface area (Å²) < 4.78 is 1.99. The first kappa shape index (κ1) is 16.3. The Kier molecular flexibility index (Phi) is 4.11. The van der Waals surface area contributed by atoms with Crippen LogP contribution in [0.5, 0.6) is 0 Å². The zero-order chi connectivity index (χ0) is 18.8. The number of aromatic nitrogens is 2. The van der Waals surface area contributed by atoms with Gasteiger partial charge in [-0.15, -0.1) is 0 Å². The van der Waals surface area contributed by atoms with Gasteiger partial charge in [-0.1, -0.05) is 54.6 Å². The van der Waals surface area contributed by atoms with Gasteiger partial charge in [0.05, 0.1) is 17.4 Å². The molecule has 0 aliphatic carbocycles. The van der Waals surface area contributed by atoms with Gasteiger partial charge in [0.1, 0.15) is 0 Å². The highest BCUT2D eigenvalue weighted by molar-refractivity contribution is 5.87. The summed E-state index contributed by atoms with van der Waals surface area (Å²) >= 11 is 0. The summed E-state index contributed by atoms with van der Waals surface area (Å²) in [4.78, 5) is 2.27. The minimum absolute atomic E-state index is 1.06. The minimum Gasteiger partial charge on any atom is -0.310 e. The van der Waals surface area contributed by atoms with Crippen LogP contribution in [-0.4, -0.2) is 9.78 Å². The Morgan fingerprint density at radius 2 is 1.14 bits per heavy atom. The van der Waals surface area contributed by atoms with Crippen LogP contribution in [0, 0.1) is 0 Å². The van der Waals surface area contributed by atoms with E-state index in [1.54, 1.807) is 0 Å². The molecule has 0 saturated carbocycles. The maximum absolute atomic E-state index is 4.61. The molecule has 1 aromatic heterocycles. The van der Waals surface area contributed by atoms with E-state index in [2.05, 4.69) is 88.9 Å². The average Bonchev–Trinajstić information content (AvgIpc) is 3.20. The minimum atomic E-state index is 1.06. The standard InChI is InChI=1S/C25H19N3/c1-4-10-21(11-5-1)27(22-12-6-2-7-13-22)24-17-16-20-19-26-28(25(20)18-24)23-14-8-3-9-15-23/h1-19H. The zero-order valence-electron chi connectivity index (χ0n) is 15.3. The van der Waals surface area contributed by atoms with Crippen molar-refractivity contribution in [1.29, 1.82) is 0 Å². The van der Waals surface area contributed by atoms with Crippen molar-refractivity contribution in [3.63, 3.8) is 0 Å². The fourth-order valence-corrected chi connectivity index (χ4v) is 3.52. The number of fused-ring (bicyclic) bond motifs is 1. The van der Waals surface area contributed by atoms with Gasteiger partial charge in [-0.3, -0.25) is 0 Å². The van der Waals surface area contributed by atoms with E-state index in [1.807, 2.05) is 41.2 Å². The molecule has 3 heteroatoms. The average molecular weight is 361 g/mol. The van der Waals surface area contributed by atoms with E-state index in [0.717, 1.165) is 33.7 Å². The second kappa shape index (κ2) is 7.05. The number of anilines is 3. The Morgan fingerprint density at radius 3 is 1.75 bits per heavy atom. The summed E-state index contributed by atoms with van der Waals surface area (Å²) in [5.74, 6) is 0. The molecule has 5 rings (SSSR count). The molecule has 0 atom stereocenters. The van der Waals surface area contributed by atoms with Crippen LogP contribution < -0.4 is 4.90 Å². The molecule has 134 valence electrons. The topological polar surface area (TPSA) is 21.1 Å². The second-order valence-corrected chi connectivity index (χ2v) is 6.64. The predicted molar refractivity (Wildman–Crippen MR) is 116 cm³/mol. The Balaban J connectivity index is 1.69. The van der Waals surface area contributed by atoms with E-state index in [-0.39, 0.29) is 0 Å². The van der Waals surface area contributed by atoms with Crippen molar-refractivity contribution in [2.45, 2.75) is 0 Å². The van der Waals surface area contributed by atoms with E-state index in [1.165, 1.54) is 0 Å². The van der Waals surface area contributed by atoms with E-state index in [9.17, 15) is 0 Å². The van der Waals surface area contributed by atoms with Crippen LogP contribution >= 0.6 is 0 Å². The number of para-hydroxylation sites is 3. The molecule has 0 spiro atoms. The molecule has 0 N–H and O–H groups in total. The van der Waals surface area contributed by atoms with Crippen molar-refractivity contribution >= 4 is 28.0 Å². The molecule has 0 bridgehead atoms. The summed E-state index contributed by atoms with van der Waals surface area (Å²) in [5.41, 5.74) is 5.49. The Hall–Kier alpha value is -3.85. The molecule has 28 heavy (non-hydrogen) atoms. The van der Waals surface area contributed by atoms with Gasteiger partial charge in [0.25, 0.3) is 0 Å². The zero-order valence-corrected chi connectivity index (χ0v) is 15.3. The van der Waals surface area contributed by atoms with Gasteiger partial charge in [0.15, 0.2) is 0 Å². The van der Waals surface area contributed by atoms with Crippen LogP contribution in [0.3, 0.4) is 0 Å². The van der Waals surface area contributed by atoms with Crippen molar-refractivity contribution in [2.24, 2.45) is 0 Å². The lowest BCUT2D eigenvalue weighted by molar-refractivity contribution is 0.911. The molecule has 0 aliphatic heterocycles. The summed E-state index contributed by atoms with van der Waals surface area (Å²) in [6.45, 7) is 0. The number of nitrogens with zero attached hydrogens (tertiary/aromatic N) is 3. The molecule has 5 aromatic rings. The highest BCUT2D eigenvalue weighted by Crippen LogP contribution is 2.35. The maximum atomic E-state index is 4.61. The molecular formula is C25H19N3. The Morgan fingerprint density at radius 1 is 0.571 bits per heavy atom. The monoisotopic (exact) mass is 361 g/mol. The van der Waals surface area contributed by atoms with Gasteiger partial charge in [-0.05, 0) is 54.6 Å². The van der Waals surface area contributed by atoms with Crippen molar-refractivity contribution in [3.8, 4) is 5.69 Å². The van der Waals surface area contributed by atoms with Gasteiger partial charge in [-0.25, -0.2) is 4.68 Å². The van der Waals surface area contributed by atoms with Crippen LogP contribution in [0.2, 0.25) is 0 Å². The lowest BCUT2D eigenvalue weighted by Gasteiger charge is -2.25. The van der Waals surface area contributed by atoms with Gasteiger partial charge in [-0.2, -0.15) is 5.10 Å². The number of rotatable bonds is 4. The molecular weight excluding hydrogens is 342 g/mol. The first-order chi connectivity index (χ1) is 13.9. The largest absolute Gasteiger partial charge is 0.310 e. The molecule has 0 fully saturated rings. The summed E-state index contributed by atoms with van der Waals surface area (Å²) in [6.07, 6.45) is 1.92. The fraction of sp³-hybridized carbons (Fsp3) is 0. The van der Waals surface area contributed by atoms with Crippen molar-refractivity contribution < 1.29 is 0 Å². The number of benzene rings is 4. The number of hydrogen-bond acceptors (Lipinski definition) is 2. The molecule has 0 saturated heterocycles. The van der Waals surface area contributed by atoms with E-state index >= 15 is 0 Å². The van der Waals surface area contributed by atoms with Crippen LogP contribution in [0.15, 0.2) is 115 Å². The fourth-order valence-electron chi connectivity index (χ4n) is 3.52. The van der Waals surface area contributed by atoms with Crippen LogP contribution in [0.25, 0.3) is 16.6 Å². The van der Waals surface area contributed by atoms with Gasteiger partial charge < -0.3 is 4.90 Å². The van der Waals surface area contributed by atoms with Crippen LogP contribution in [-0.2, 0) is 0 Å².